The lowest BCUT2D eigenvalue weighted by molar-refractivity contribution is -0.140. The Morgan fingerprint density at radius 1 is 0.953 bits per heavy atom. The fourth-order valence-corrected chi connectivity index (χ4v) is 7.26. The van der Waals surface area contributed by atoms with Gasteiger partial charge in [-0.1, -0.05) is 79.7 Å². The van der Waals surface area contributed by atoms with Crippen LogP contribution in [0.1, 0.15) is 51.0 Å². The van der Waals surface area contributed by atoms with Gasteiger partial charge in [0.05, 0.1) is 17.7 Å². The SMILES string of the molecule is CCC(C(=O)NC1CCCCC1)N(Cc1ccc(OC)cc1)C(=O)CN(c1cc(Cl)cc(Cl)c1)S(=O)(=O)c1ccccc1. The Morgan fingerprint density at radius 2 is 1.58 bits per heavy atom. The number of carbonyl (C=O) groups is 2. The molecule has 1 atom stereocenters. The van der Waals surface area contributed by atoms with Gasteiger partial charge in [0.25, 0.3) is 10.0 Å². The number of ether oxygens (including phenoxy) is 1. The molecule has 1 aliphatic rings. The average molecular weight is 647 g/mol. The predicted molar refractivity (Wildman–Crippen MR) is 170 cm³/mol. The van der Waals surface area contributed by atoms with E-state index in [9.17, 15) is 18.0 Å². The van der Waals surface area contributed by atoms with Crippen molar-refractivity contribution in [2.75, 3.05) is 18.0 Å². The van der Waals surface area contributed by atoms with Gasteiger partial charge < -0.3 is 15.0 Å². The standard InChI is InChI=1S/C32H37Cl2N3O5S/c1-3-30(32(39)35-26-10-6-4-7-11-26)36(21-23-14-16-28(42-2)17-15-23)31(38)22-37(27-19-24(33)18-25(34)20-27)43(40,41)29-12-8-5-9-13-29/h5,8-9,12-20,26,30H,3-4,6-7,10-11,21-22H2,1-2H3,(H,35,39). The zero-order valence-electron chi connectivity index (χ0n) is 24.3. The first-order valence-corrected chi connectivity index (χ1v) is 16.6. The number of hydrogen-bond donors (Lipinski definition) is 1. The minimum absolute atomic E-state index is 0.00249. The van der Waals surface area contributed by atoms with Gasteiger partial charge in [-0.15, -0.1) is 0 Å². The van der Waals surface area contributed by atoms with Crippen LogP contribution in [-0.2, 0) is 26.2 Å². The normalized spacial score (nSPS) is 14.5. The van der Waals surface area contributed by atoms with Crippen molar-refractivity contribution < 1.29 is 22.7 Å². The predicted octanol–water partition coefficient (Wildman–Crippen LogP) is 6.45. The molecule has 1 N–H and O–H groups in total. The maximum Gasteiger partial charge on any atom is 0.264 e. The van der Waals surface area contributed by atoms with Crippen molar-refractivity contribution in [3.63, 3.8) is 0 Å². The second kappa shape index (κ2) is 14.9. The first-order valence-electron chi connectivity index (χ1n) is 14.4. The van der Waals surface area contributed by atoms with Gasteiger partial charge in [0.1, 0.15) is 18.3 Å². The Labute approximate surface area is 264 Å². The van der Waals surface area contributed by atoms with E-state index in [4.69, 9.17) is 27.9 Å². The number of nitrogens with one attached hydrogen (secondary N) is 1. The molecule has 2 amide bonds. The molecule has 0 aliphatic heterocycles. The lowest BCUT2D eigenvalue weighted by atomic mass is 9.95. The Bertz CT molecular complexity index is 1480. The molecule has 4 rings (SSSR count). The molecule has 230 valence electrons. The van der Waals surface area contributed by atoms with Gasteiger partial charge in [-0.2, -0.15) is 0 Å². The van der Waals surface area contributed by atoms with E-state index < -0.39 is 28.5 Å². The molecule has 43 heavy (non-hydrogen) atoms. The quantitative estimate of drug-likeness (QED) is 0.244. The summed E-state index contributed by atoms with van der Waals surface area (Å²) in [6.45, 7) is 1.36. The second-order valence-electron chi connectivity index (χ2n) is 10.6. The first-order chi connectivity index (χ1) is 20.6. The lowest BCUT2D eigenvalue weighted by Gasteiger charge is -2.34. The zero-order chi connectivity index (χ0) is 31.0. The molecule has 0 radical (unpaired) electrons. The summed E-state index contributed by atoms with van der Waals surface area (Å²) in [5.74, 6) is -0.140. The van der Waals surface area contributed by atoms with E-state index in [1.165, 1.54) is 35.2 Å². The molecular formula is C32H37Cl2N3O5S. The van der Waals surface area contributed by atoms with E-state index in [1.807, 2.05) is 19.1 Å². The lowest BCUT2D eigenvalue weighted by Crippen LogP contribution is -2.54. The van der Waals surface area contributed by atoms with Gasteiger partial charge >= 0.3 is 0 Å². The number of benzene rings is 3. The van der Waals surface area contributed by atoms with Gasteiger partial charge in [-0.3, -0.25) is 13.9 Å². The van der Waals surface area contributed by atoms with Crippen molar-refractivity contribution in [3.8, 4) is 5.75 Å². The molecule has 8 nitrogen and oxygen atoms in total. The third kappa shape index (κ3) is 8.43. The highest BCUT2D eigenvalue weighted by Gasteiger charge is 2.34. The van der Waals surface area contributed by atoms with Crippen LogP contribution in [0.2, 0.25) is 10.0 Å². The van der Waals surface area contributed by atoms with Crippen molar-refractivity contribution in [2.24, 2.45) is 0 Å². The number of halogens is 2. The average Bonchev–Trinajstić information content (AvgIpc) is 3.00. The number of sulfonamides is 1. The minimum Gasteiger partial charge on any atom is -0.497 e. The van der Waals surface area contributed by atoms with Crippen molar-refractivity contribution in [3.05, 3.63) is 88.4 Å². The number of rotatable bonds is 12. The zero-order valence-corrected chi connectivity index (χ0v) is 26.7. The van der Waals surface area contributed by atoms with E-state index in [0.717, 1.165) is 42.0 Å². The van der Waals surface area contributed by atoms with Crippen molar-refractivity contribution in [1.82, 2.24) is 10.2 Å². The highest BCUT2D eigenvalue weighted by molar-refractivity contribution is 7.92. The molecule has 0 spiro atoms. The van der Waals surface area contributed by atoms with Crippen LogP contribution in [0.4, 0.5) is 5.69 Å². The van der Waals surface area contributed by atoms with E-state index in [0.29, 0.717) is 12.2 Å². The van der Waals surface area contributed by atoms with Gasteiger partial charge in [0, 0.05) is 22.6 Å². The summed E-state index contributed by atoms with van der Waals surface area (Å²) < 4.78 is 34.2. The minimum atomic E-state index is -4.22. The highest BCUT2D eigenvalue weighted by atomic mass is 35.5. The van der Waals surface area contributed by atoms with Crippen LogP contribution < -0.4 is 14.4 Å². The van der Waals surface area contributed by atoms with Crippen molar-refractivity contribution in [2.45, 2.75) is 69.0 Å². The van der Waals surface area contributed by atoms with E-state index in [-0.39, 0.29) is 39.1 Å². The van der Waals surface area contributed by atoms with Crippen LogP contribution in [0.3, 0.4) is 0 Å². The number of anilines is 1. The summed E-state index contributed by atoms with van der Waals surface area (Å²) in [6.07, 6.45) is 5.37. The van der Waals surface area contributed by atoms with E-state index >= 15 is 0 Å². The maximum atomic E-state index is 14.2. The summed E-state index contributed by atoms with van der Waals surface area (Å²) >= 11 is 12.5. The Balaban J connectivity index is 1.72. The molecule has 0 aromatic heterocycles. The van der Waals surface area contributed by atoms with Gasteiger partial charge in [0.15, 0.2) is 0 Å². The Morgan fingerprint density at radius 3 is 2.16 bits per heavy atom. The molecule has 0 bridgehead atoms. The second-order valence-corrected chi connectivity index (χ2v) is 13.3. The van der Waals surface area contributed by atoms with Crippen LogP contribution >= 0.6 is 23.2 Å². The molecule has 11 heteroatoms. The molecule has 1 unspecified atom stereocenters. The molecular weight excluding hydrogens is 609 g/mol. The Hall–Kier alpha value is -3.27. The van der Waals surface area contributed by atoms with Crippen molar-refractivity contribution in [1.29, 1.82) is 0 Å². The fraction of sp³-hybridized carbons (Fsp3) is 0.375. The van der Waals surface area contributed by atoms with Crippen molar-refractivity contribution >= 4 is 50.7 Å². The summed E-state index contributed by atoms with van der Waals surface area (Å²) in [7, 11) is -2.66. The topological polar surface area (TPSA) is 96.0 Å². The number of amides is 2. The number of carbonyl (C=O) groups excluding carboxylic acids is 2. The number of nitrogens with zero attached hydrogens (tertiary/aromatic N) is 2. The fourth-order valence-electron chi connectivity index (χ4n) is 5.32. The molecule has 3 aromatic carbocycles. The molecule has 1 fully saturated rings. The molecule has 1 saturated carbocycles. The summed E-state index contributed by atoms with van der Waals surface area (Å²) in [6, 6.07) is 18.7. The molecule has 0 heterocycles. The highest BCUT2D eigenvalue weighted by Crippen LogP contribution is 2.30. The third-order valence-corrected chi connectivity index (χ3v) is 9.82. The maximum absolute atomic E-state index is 14.2. The van der Waals surface area contributed by atoms with Crippen LogP contribution in [0.5, 0.6) is 5.75 Å². The monoisotopic (exact) mass is 645 g/mol. The Kier molecular flexibility index (Phi) is 11.3. The molecule has 1 aliphatic carbocycles. The number of methoxy groups -OCH3 is 1. The van der Waals surface area contributed by atoms with Gasteiger partial charge in [-0.05, 0) is 67.3 Å². The van der Waals surface area contributed by atoms with E-state index in [1.54, 1.807) is 37.4 Å². The first kappa shape index (κ1) is 32.6. The van der Waals surface area contributed by atoms with Crippen LogP contribution in [0, 0.1) is 0 Å². The van der Waals surface area contributed by atoms with Gasteiger partial charge in [0.2, 0.25) is 11.8 Å². The smallest absolute Gasteiger partial charge is 0.264 e. The summed E-state index contributed by atoms with van der Waals surface area (Å²) in [5.41, 5.74) is 0.903. The molecule has 3 aromatic rings. The van der Waals surface area contributed by atoms with Crippen LogP contribution in [-0.4, -0.2) is 50.9 Å². The number of hydrogen-bond acceptors (Lipinski definition) is 5. The van der Waals surface area contributed by atoms with E-state index in [2.05, 4.69) is 5.32 Å². The summed E-state index contributed by atoms with van der Waals surface area (Å²) in [5, 5.41) is 3.58. The summed E-state index contributed by atoms with van der Waals surface area (Å²) in [4.78, 5) is 29.4. The van der Waals surface area contributed by atoms with Crippen LogP contribution in [0.15, 0.2) is 77.7 Å². The largest absolute Gasteiger partial charge is 0.497 e. The molecule has 0 saturated heterocycles. The third-order valence-electron chi connectivity index (χ3n) is 7.59. The van der Waals surface area contributed by atoms with Gasteiger partial charge in [-0.25, -0.2) is 8.42 Å². The van der Waals surface area contributed by atoms with Crippen LogP contribution in [0.25, 0.3) is 0 Å².